The largest absolute Gasteiger partial charge is 0.481 e. The van der Waals surface area contributed by atoms with E-state index in [0.29, 0.717) is 17.5 Å². The Morgan fingerprint density at radius 2 is 2.05 bits per heavy atom. The maximum absolute atomic E-state index is 5.59. The zero-order valence-electron chi connectivity index (χ0n) is 10.4. The normalized spacial score (nSPS) is 12.5. The molecule has 1 aliphatic rings. The Kier molecular flexibility index (Phi) is 2.92. The molecule has 6 nitrogen and oxygen atoms in total. The lowest BCUT2D eigenvalue weighted by molar-refractivity contribution is 0.174. The molecule has 0 saturated carbocycles. The molecule has 0 amide bonds. The zero-order chi connectivity index (χ0) is 13.2. The van der Waals surface area contributed by atoms with Gasteiger partial charge in [-0.05, 0) is 18.2 Å². The van der Waals surface area contributed by atoms with Gasteiger partial charge in [0.15, 0.2) is 11.5 Å². The van der Waals surface area contributed by atoms with Crippen LogP contribution < -0.4 is 19.9 Å². The molecule has 2 heterocycles. The van der Waals surface area contributed by atoms with Crippen LogP contribution in [0.2, 0.25) is 0 Å². The Morgan fingerprint density at radius 1 is 1.21 bits per heavy atom. The Hall–Kier alpha value is -2.34. The number of ether oxygens (including phenoxy) is 3. The van der Waals surface area contributed by atoms with Gasteiger partial charge in [0.25, 0.3) is 0 Å². The van der Waals surface area contributed by atoms with Crippen LogP contribution in [0.15, 0.2) is 24.3 Å². The fourth-order valence-corrected chi connectivity index (χ4v) is 1.87. The lowest BCUT2D eigenvalue weighted by Gasteiger charge is -2.07. The van der Waals surface area contributed by atoms with Crippen molar-refractivity contribution < 1.29 is 14.2 Å². The van der Waals surface area contributed by atoms with E-state index in [1.807, 2.05) is 18.2 Å². The molecule has 0 spiro atoms. The molecule has 1 aliphatic heterocycles. The summed E-state index contributed by atoms with van der Waals surface area (Å²) in [6.45, 7) is 0.509. The van der Waals surface area contributed by atoms with Crippen molar-refractivity contribution in [2.24, 2.45) is 5.73 Å². The molecule has 2 N–H and O–H groups in total. The molecule has 98 valence electrons. The van der Waals surface area contributed by atoms with Crippen molar-refractivity contribution in [2.75, 3.05) is 13.9 Å². The van der Waals surface area contributed by atoms with E-state index in [1.54, 1.807) is 13.2 Å². The van der Waals surface area contributed by atoms with Gasteiger partial charge < -0.3 is 19.9 Å². The molecule has 0 atom stereocenters. The monoisotopic (exact) mass is 259 g/mol. The molecule has 19 heavy (non-hydrogen) atoms. The average Bonchev–Trinajstić information content (AvgIpc) is 2.94. The molecular weight excluding hydrogens is 246 g/mol. The van der Waals surface area contributed by atoms with E-state index in [0.717, 1.165) is 17.0 Å². The van der Waals surface area contributed by atoms with Gasteiger partial charge in [-0.3, -0.25) is 0 Å². The van der Waals surface area contributed by atoms with Crippen molar-refractivity contribution in [3.8, 4) is 28.6 Å². The van der Waals surface area contributed by atoms with Crippen LogP contribution in [0.25, 0.3) is 11.3 Å². The van der Waals surface area contributed by atoms with Crippen LogP contribution >= 0.6 is 0 Å². The van der Waals surface area contributed by atoms with E-state index in [4.69, 9.17) is 19.9 Å². The quantitative estimate of drug-likeness (QED) is 0.896. The summed E-state index contributed by atoms with van der Waals surface area (Å²) in [7, 11) is 1.56. The molecule has 0 unspecified atom stereocenters. The van der Waals surface area contributed by atoms with E-state index in [-0.39, 0.29) is 13.3 Å². The van der Waals surface area contributed by atoms with Crippen molar-refractivity contribution in [3.05, 3.63) is 30.1 Å². The number of nitrogens with zero attached hydrogens (tertiary/aromatic N) is 2. The number of aromatic nitrogens is 2. The third-order valence-electron chi connectivity index (χ3n) is 2.81. The van der Waals surface area contributed by atoms with E-state index in [9.17, 15) is 0 Å². The van der Waals surface area contributed by atoms with Crippen molar-refractivity contribution in [1.82, 2.24) is 9.97 Å². The number of hydrogen-bond donors (Lipinski definition) is 1. The number of hydrogen-bond acceptors (Lipinski definition) is 6. The first-order valence-electron chi connectivity index (χ1n) is 5.82. The smallest absolute Gasteiger partial charge is 0.231 e. The van der Waals surface area contributed by atoms with E-state index in [2.05, 4.69) is 9.97 Å². The third kappa shape index (κ3) is 2.17. The topological polar surface area (TPSA) is 79.5 Å². The number of fused-ring (bicyclic) bond motifs is 1. The predicted octanol–water partition coefficient (Wildman–Crippen LogP) is 1.34. The second-order valence-electron chi connectivity index (χ2n) is 3.98. The van der Waals surface area contributed by atoms with Crippen molar-refractivity contribution >= 4 is 0 Å². The van der Waals surface area contributed by atoms with E-state index >= 15 is 0 Å². The maximum Gasteiger partial charge on any atom is 0.231 e. The standard InChI is InChI=1S/C13H13N3O3/c1-17-13-5-9(15-12(6-14)16-13)8-2-3-10-11(4-8)19-7-18-10/h2-5H,6-7,14H2,1H3. The molecular formula is C13H13N3O3. The van der Waals surface area contributed by atoms with Crippen molar-refractivity contribution in [1.29, 1.82) is 0 Å². The van der Waals surface area contributed by atoms with Crippen LogP contribution in [0.3, 0.4) is 0 Å². The summed E-state index contributed by atoms with van der Waals surface area (Å²) in [5.41, 5.74) is 7.23. The van der Waals surface area contributed by atoms with E-state index in [1.165, 1.54) is 0 Å². The molecule has 1 aromatic heterocycles. The summed E-state index contributed by atoms with van der Waals surface area (Å²) in [5.74, 6) is 2.48. The minimum absolute atomic E-state index is 0.250. The van der Waals surface area contributed by atoms with Gasteiger partial charge in [0.2, 0.25) is 12.7 Å². The van der Waals surface area contributed by atoms with Crippen molar-refractivity contribution in [2.45, 2.75) is 6.54 Å². The number of benzene rings is 1. The minimum atomic E-state index is 0.250. The highest BCUT2D eigenvalue weighted by Gasteiger charge is 2.15. The van der Waals surface area contributed by atoms with Gasteiger partial charge in [0, 0.05) is 11.6 Å². The Bertz CT molecular complexity index is 594. The molecule has 3 rings (SSSR count). The molecule has 0 bridgehead atoms. The van der Waals surface area contributed by atoms with Crippen LogP contribution in [-0.4, -0.2) is 23.9 Å². The molecule has 6 heteroatoms. The van der Waals surface area contributed by atoms with Crippen LogP contribution in [0.4, 0.5) is 0 Å². The predicted molar refractivity (Wildman–Crippen MR) is 68.0 cm³/mol. The summed E-state index contributed by atoms with van der Waals surface area (Å²) in [4.78, 5) is 8.54. The lowest BCUT2D eigenvalue weighted by Crippen LogP contribution is -2.05. The summed E-state index contributed by atoms with van der Waals surface area (Å²) < 4.78 is 15.8. The Balaban J connectivity index is 2.05. The first-order valence-corrected chi connectivity index (χ1v) is 5.82. The van der Waals surface area contributed by atoms with E-state index < -0.39 is 0 Å². The van der Waals surface area contributed by atoms with Crippen LogP contribution in [0.5, 0.6) is 17.4 Å². The highest BCUT2D eigenvalue weighted by Crippen LogP contribution is 2.35. The molecule has 0 saturated heterocycles. The van der Waals surface area contributed by atoms with Crippen molar-refractivity contribution in [3.63, 3.8) is 0 Å². The fraction of sp³-hybridized carbons (Fsp3) is 0.231. The third-order valence-corrected chi connectivity index (χ3v) is 2.81. The zero-order valence-corrected chi connectivity index (χ0v) is 10.4. The SMILES string of the molecule is COc1cc(-c2ccc3c(c2)OCO3)nc(CN)n1. The van der Waals surface area contributed by atoms with Gasteiger partial charge in [0.05, 0.1) is 19.3 Å². The second-order valence-corrected chi connectivity index (χ2v) is 3.98. The Morgan fingerprint density at radius 3 is 2.84 bits per heavy atom. The summed E-state index contributed by atoms with van der Waals surface area (Å²) >= 11 is 0. The highest BCUT2D eigenvalue weighted by molar-refractivity contribution is 5.65. The van der Waals surface area contributed by atoms with Gasteiger partial charge in [-0.2, -0.15) is 4.98 Å². The summed E-state index contributed by atoms with van der Waals surface area (Å²) in [6.07, 6.45) is 0. The van der Waals surface area contributed by atoms with Crippen LogP contribution in [0, 0.1) is 0 Å². The molecule has 0 fully saturated rings. The highest BCUT2D eigenvalue weighted by atomic mass is 16.7. The molecule has 0 aliphatic carbocycles. The first-order chi connectivity index (χ1) is 9.30. The summed E-state index contributed by atoms with van der Waals surface area (Å²) in [6, 6.07) is 7.41. The van der Waals surface area contributed by atoms with Crippen LogP contribution in [-0.2, 0) is 6.54 Å². The maximum atomic E-state index is 5.59. The first kappa shape index (κ1) is 11.7. The van der Waals surface area contributed by atoms with Gasteiger partial charge in [0.1, 0.15) is 5.82 Å². The minimum Gasteiger partial charge on any atom is -0.481 e. The van der Waals surface area contributed by atoms with Gasteiger partial charge in [-0.15, -0.1) is 0 Å². The molecule has 2 aromatic rings. The molecule has 0 radical (unpaired) electrons. The van der Waals surface area contributed by atoms with Gasteiger partial charge in [-0.25, -0.2) is 4.98 Å². The second kappa shape index (κ2) is 4.74. The van der Waals surface area contributed by atoms with Gasteiger partial charge >= 0.3 is 0 Å². The average molecular weight is 259 g/mol. The number of methoxy groups -OCH3 is 1. The summed E-state index contributed by atoms with van der Waals surface area (Å²) in [5, 5.41) is 0. The van der Waals surface area contributed by atoms with Gasteiger partial charge in [-0.1, -0.05) is 0 Å². The lowest BCUT2D eigenvalue weighted by atomic mass is 10.1. The number of nitrogens with two attached hydrogens (primary N) is 1. The Labute approximate surface area is 110 Å². The molecule has 1 aromatic carbocycles. The van der Waals surface area contributed by atoms with Crippen LogP contribution in [0.1, 0.15) is 5.82 Å². The number of rotatable bonds is 3. The fourth-order valence-electron chi connectivity index (χ4n) is 1.87.